The van der Waals surface area contributed by atoms with Crippen LogP contribution in [0.2, 0.25) is 5.02 Å². The van der Waals surface area contributed by atoms with Gasteiger partial charge in [-0.2, -0.15) is 11.3 Å². The summed E-state index contributed by atoms with van der Waals surface area (Å²) in [6.45, 7) is 5.01. The summed E-state index contributed by atoms with van der Waals surface area (Å²) >= 11 is 8.33. The van der Waals surface area contributed by atoms with Crippen LogP contribution in [0.1, 0.15) is 24.0 Å². The highest BCUT2D eigenvalue weighted by molar-refractivity contribution is 7.07. The molecule has 3 aromatic heterocycles. The molecule has 0 spiro atoms. The largest absolute Gasteiger partial charge is 0.484 e. The summed E-state index contributed by atoms with van der Waals surface area (Å²) in [5.74, 6) is 1.19. The lowest BCUT2D eigenvalue weighted by molar-refractivity contribution is -0.122. The first-order valence-corrected chi connectivity index (χ1v) is 13.3. The Labute approximate surface area is 219 Å². The number of aromatic nitrogens is 3. The van der Waals surface area contributed by atoms with E-state index >= 15 is 0 Å². The number of fused-ring (bicyclic) bond motifs is 1. The van der Waals surface area contributed by atoms with Gasteiger partial charge in [-0.3, -0.25) is 9.69 Å². The highest BCUT2D eigenvalue weighted by atomic mass is 35.5. The molecule has 4 aromatic rings. The Morgan fingerprint density at radius 2 is 2.14 bits per heavy atom. The molecule has 0 bridgehead atoms. The molecule has 1 aliphatic heterocycles. The number of nitrogens with one attached hydrogen (secondary N) is 3. The zero-order valence-corrected chi connectivity index (χ0v) is 21.9. The van der Waals surface area contributed by atoms with Crippen molar-refractivity contribution in [2.24, 2.45) is 0 Å². The summed E-state index contributed by atoms with van der Waals surface area (Å²) in [7, 11) is 1.59. The number of hydrogen-bond acceptors (Lipinski definition) is 7. The smallest absolute Gasteiger partial charge is 0.257 e. The number of rotatable bonds is 8. The Balaban J connectivity index is 1.30. The highest BCUT2D eigenvalue weighted by Gasteiger charge is 2.22. The van der Waals surface area contributed by atoms with Crippen LogP contribution in [-0.2, 0) is 11.3 Å². The molecule has 3 N–H and O–H groups in total. The molecule has 0 aliphatic carbocycles. The van der Waals surface area contributed by atoms with Crippen LogP contribution >= 0.6 is 22.9 Å². The van der Waals surface area contributed by atoms with Gasteiger partial charge in [0.1, 0.15) is 17.1 Å². The lowest BCUT2D eigenvalue weighted by Crippen LogP contribution is -2.38. The standard InChI is InChI=1S/C26H29ClN6O2S/c1-16-11-18(3-4-21(16)35-14-22(34)28-2)25-31-24-23(20(27)12-29-26(24)32-25)30-19-5-8-33(9-6-19)13-17-7-10-36-15-17/h3-4,7,10-12,15,19H,5-6,8-9,13-14H2,1-2H3,(H,28,34)(H2,29,30,31,32). The maximum absolute atomic E-state index is 11.5. The number of imidazole rings is 1. The average Bonchev–Trinajstić information content (AvgIpc) is 3.56. The van der Waals surface area contributed by atoms with Gasteiger partial charge in [-0.15, -0.1) is 0 Å². The van der Waals surface area contributed by atoms with Crippen LogP contribution in [0.4, 0.5) is 5.69 Å². The summed E-state index contributed by atoms with van der Waals surface area (Å²) in [6, 6.07) is 8.27. The second kappa shape index (κ2) is 10.9. The van der Waals surface area contributed by atoms with Gasteiger partial charge in [0.05, 0.1) is 16.9 Å². The SMILES string of the molecule is CNC(=O)COc1ccc(-c2nc3c(NC4CCN(Cc5ccsc5)CC4)c(Cl)cnc3[nH]2)cc1C. The van der Waals surface area contributed by atoms with Crippen molar-refractivity contribution < 1.29 is 9.53 Å². The van der Waals surface area contributed by atoms with Crippen molar-refractivity contribution in [2.45, 2.75) is 32.4 Å². The number of benzene rings is 1. The average molecular weight is 525 g/mol. The first-order valence-electron chi connectivity index (χ1n) is 12.0. The zero-order chi connectivity index (χ0) is 25.1. The number of carbonyl (C=O) groups is 1. The fraction of sp³-hybridized carbons (Fsp3) is 0.346. The number of ether oxygens (including phenoxy) is 1. The molecule has 1 fully saturated rings. The van der Waals surface area contributed by atoms with E-state index in [1.54, 1.807) is 24.6 Å². The second-order valence-corrected chi connectivity index (χ2v) is 10.2. The number of pyridine rings is 1. The Hall–Kier alpha value is -3.14. The van der Waals surface area contributed by atoms with Crippen LogP contribution in [0.25, 0.3) is 22.6 Å². The van der Waals surface area contributed by atoms with Gasteiger partial charge in [-0.05, 0) is 65.9 Å². The minimum Gasteiger partial charge on any atom is -0.484 e. The molecule has 36 heavy (non-hydrogen) atoms. The molecule has 0 unspecified atom stereocenters. The van der Waals surface area contributed by atoms with Gasteiger partial charge in [0, 0.05) is 38.3 Å². The predicted molar refractivity (Wildman–Crippen MR) is 145 cm³/mol. The first kappa shape index (κ1) is 24.5. The summed E-state index contributed by atoms with van der Waals surface area (Å²) in [6.07, 6.45) is 3.75. The van der Waals surface area contributed by atoms with E-state index in [1.807, 2.05) is 25.1 Å². The maximum Gasteiger partial charge on any atom is 0.257 e. The van der Waals surface area contributed by atoms with Crippen LogP contribution in [0.5, 0.6) is 5.75 Å². The number of piperidine rings is 1. The van der Waals surface area contributed by atoms with Gasteiger partial charge in [-0.1, -0.05) is 11.6 Å². The molecule has 10 heteroatoms. The molecule has 0 atom stereocenters. The first-order chi connectivity index (χ1) is 17.5. The van der Waals surface area contributed by atoms with E-state index in [0.717, 1.165) is 54.8 Å². The molecule has 0 saturated carbocycles. The van der Waals surface area contributed by atoms with Crippen molar-refractivity contribution in [2.75, 3.05) is 32.1 Å². The fourth-order valence-electron chi connectivity index (χ4n) is 4.46. The Morgan fingerprint density at radius 1 is 1.31 bits per heavy atom. The van der Waals surface area contributed by atoms with Crippen LogP contribution in [-0.4, -0.2) is 58.5 Å². The number of nitrogens with zero attached hydrogens (tertiary/aromatic N) is 3. The second-order valence-electron chi connectivity index (χ2n) is 9.03. The molecule has 8 nitrogen and oxygen atoms in total. The lowest BCUT2D eigenvalue weighted by atomic mass is 10.0. The number of H-pyrrole nitrogens is 1. The molecular weight excluding hydrogens is 496 g/mol. The van der Waals surface area contributed by atoms with Gasteiger partial charge < -0.3 is 20.4 Å². The summed E-state index contributed by atoms with van der Waals surface area (Å²) in [4.78, 5) is 26.6. The third-order valence-electron chi connectivity index (χ3n) is 6.48. The van der Waals surface area contributed by atoms with Crippen LogP contribution in [0.15, 0.2) is 41.2 Å². The third kappa shape index (κ3) is 5.48. The summed E-state index contributed by atoms with van der Waals surface area (Å²) < 4.78 is 5.61. The van der Waals surface area contributed by atoms with Crippen molar-refractivity contribution in [3.8, 4) is 17.1 Å². The number of amides is 1. The molecule has 1 saturated heterocycles. The molecule has 0 radical (unpaired) electrons. The number of aryl methyl sites for hydroxylation is 1. The number of aromatic amines is 1. The normalized spacial score (nSPS) is 14.8. The van der Waals surface area contributed by atoms with Crippen LogP contribution in [0.3, 0.4) is 0 Å². The van der Waals surface area contributed by atoms with E-state index in [2.05, 4.69) is 42.3 Å². The molecular formula is C26H29ClN6O2S. The molecule has 4 heterocycles. The number of halogens is 1. The van der Waals surface area contributed by atoms with E-state index in [0.29, 0.717) is 28.3 Å². The van der Waals surface area contributed by atoms with E-state index in [1.165, 1.54) is 5.56 Å². The Bertz CT molecular complexity index is 1350. The number of carbonyl (C=O) groups excluding carboxylic acids is 1. The van der Waals surface area contributed by atoms with Crippen molar-refractivity contribution in [3.05, 3.63) is 57.4 Å². The van der Waals surface area contributed by atoms with E-state index in [9.17, 15) is 4.79 Å². The summed E-state index contributed by atoms with van der Waals surface area (Å²) in [5, 5.41) is 11.1. The number of thiophene rings is 1. The van der Waals surface area contributed by atoms with Crippen LogP contribution < -0.4 is 15.4 Å². The lowest BCUT2D eigenvalue weighted by Gasteiger charge is -2.32. The quantitative estimate of drug-likeness (QED) is 0.305. The minimum absolute atomic E-state index is 0.0221. The van der Waals surface area contributed by atoms with Gasteiger partial charge in [0.2, 0.25) is 0 Å². The Morgan fingerprint density at radius 3 is 2.86 bits per heavy atom. The molecule has 1 aliphatic rings. The Kier molecular flexibility index (Phi) is 7.41. The van der Waals surface area contributed by atoms with Crippen LogP contribution in [0, 0.1) is 6.92 Å². The maximum atomic E-state index is 11.5. The van der Waals surface area contributed by atoms with Crippen molar-refractivity contribution in [3.63, 3.8) is 0 Å². The molecule has 1 amide bonds. The minimum atomic E-state index is -0.174. The number of likely N-dealkylation sites (N-methyl/N-ethyl adjacent to an activating group) is 1. The van der Waals surface area contributed by atoms with Crippen molar-refractivity contribution in [1.29, 1.82) is 0 Å². The van der Waals surface area contributed by atoms with E-state index in [4.69, 9.17) is 21.3 Å². The highest BCUT2D eigenvalue weighted by Crippen LogP contribution is 2.33. The van der Waals surface area contributed by atoms with E-state index < -0.39 is 0 Å². The monoisotopic (exact) mass is 524 g/mol. The molecule has 1 aromatic carbocycles. The third-order valence-corrected chi connectivity index (χ3v) is 7.49. The van der Waals surface area contributed by atoms with Crippen molar-refractivity contribution >= 4 is 45.7 Å². The van der Waals surface area contributed by atoms with E-state index in [-0.39, 0.29) is 12.5 Å². The van der Waals surface area contributed by atoms with Gasteiger partial charge in [0.15, 0.2) is 12.3 Å². The number of likely N-dealkylation sites (tertiary alicyclic amines) is 1. The van der Waals surface area contributed by atoms with Crippen molar-refractivity contribution in [1.82, 2.24) is 25.2 Å². The fourth-order valence-corrected chi connectivity index (χ4v) is 5.31. The van der Waals surface area contributed by atoms with Gasteiger partial charge in [0.25, 0.3) is 5.91 Å². The molecule has 188 valence electrons. The van der Waals surface area contributed by atoms with Gasteiger partial charge in [-0.25, -0.2) is 9.97 Å². The zero-order valence-electron chi connectivity index (χ0n) is 20.3. The predicted octanol–water partition coefficient (Wildman–Crippen LogP) is 4.85. The number of hydrogen-bond donors (Lipinski definition) is 3. The topological polar surface area (TPSA) is 95.2 Å². The van der Waals surface area contributed by atoms with Gasteiger partial charge >= 0.3 is 0 Å². The summed E-state index contributed by atoms with van der Waals surface area (Å²) in [5.41, 5.74) is 5.44. The number of anilines is 1. The molecule has 5 rings (SSSR count).